The number of aliphatic hydroxyl groups is 4. The van der Waals surface area contributed by atoms with Gasteiger partial charge in [-0.3, -0.25) is 9.59 Å². The van der Waals surface area contributed by atoms with Crippen LogP contribution in [0.25, 0.3) is 0 Å². The molecule has 0 fully saturated rings. The Morgan fingerprint density at radius 3 is 1.79 bits per heavy atom. The predicted octanol–water partition coefficient (Wildman–Crippen LogP) is 1.47. The predicted molar refractivity (Wildman–Crippen MR) is 109 cm³/mol. The van der Waals surface area contributed by atoms with E-state index in [-0.39, 0.29) is 18.1 Å². The highest BCUT2D eigenvalue weighted by molar-refractivity contribution is 5.98. The van der Waals surface area contributed by atoms with Gasteiger partial charge in [0.25, 0.3) is 0 Å². The number of nitrogens with one attached hydrogen (secondary N) is 1. The molecular weight excluding hydrogens is 362 g/mol. The summed E-state index contributed by atoms with van der Waals surface area (Å²) < 4.78 is 0. The molecule has 7 nitrogen and oxygen atoms in total. The van der Waals surface area contributed by atoms with Gasteiger partial charge in [-0.2, -0.15) is 0 Å². The molecular formula is C21H39NO6. The smallest absolute Gasteiger partial charge is 0.219 e. The quantitative estimate of drug-likeness (QED) is 0.186. The van der Waals surface area contributed by atoms with E-state index in [1.165, 1.54) is 6.92 Å². The molecule has 0 saturated carbocycles. The van der Waals surface area contributed by atoms with Gasteiger partial charge >= 0.3 is 0 Å². The van der Waals surface area contributed by atoms with E-state index >= 15 is 0 Å². The first-order valence-corrected chi connectivity index (χ1v) is 10.3. The molecule has 0 aromatic carbocycles. The van der Waals surface area contributed by atoms with Gasteiger partial charge in [-0.25, -0.2) is 0 Å². The Morgan fingerprint density at radius 2 is 1.32 bits per heavy atom. The minimum atomic E-state index is -1.73. The van der Waals surface area contributed by atoms with E-state index in [2.05, 4.69) is 11.9 Å². The molecule has 28 heavy (non-hydrogen) atoms. The third-order valence-electron chi connectivity index (χ3n) is 5.07. The minimum Gasteiger partial charge on any atom is -0.396 e. The molecule has 0 aliphatic carbocycles. The molecule has 0 aromatic heterocycles. The molecule has 0 spiro atoms. The van der Waals surface area contributed by atoms with Crippen molar-refractivity contribution in [2.75, 3.05) is 13.7 Å². The van der Waals surface area contributed by atoms with Crippen LogP contribution in [0, 0.1) is 5.92 Å². The van der Waals surface area contributed by atoms with Gasteiger partial charge in [0.2, 0.25) is 5.91 Å². The van der Waals surface area contributed by atoms with E-state index in [4.69, 9.17) is 5.11 Å². The molecule has 7 heteroatoms. The maximum atomic E-state index is 12.1. The summed E-state index contributed by atoms with van der Waals surface area (Å²) in [5, 5.41) is 41.2. The number of Topliss-reactive ketones (excluding diaryl/α,β-unsaturated/α-hetero) is 1. The average Bonchev–Trinajstić information content (AvgIpc) is 2.71. The number of amides is 1. The Kier molecular flexibility index (Phi) is 14.9. The first-order chi connectivity index (χ1) is 13.3. The Labute approximate surface area is 168 Å². The second-order valence-corrected chi connectivity index (χ2v) is 7.56. The second kappa shape index (κ2) is 15.6. The zero-order valence-electron chi connectivity index (χ0n) is 17.4. The molecule has 5 N–H and O–H groups in total. The van der Waals surface area contributed by atoms with Crippen LogP contribution in [-0.4, -0.2) is 64.1 Å². The summed E-state index contributed by atoms with van der Waals surface area (Å²) >= 11 is 0. The standard InChI is InChI=1S/C21H39NO6/c1-15(18(25)20(27)21(28)19(26)16(2)14-23)12-10-8-6-4-5-7-9-11-13-17(24)22-3/h16,19-21,23,26-28H,1,4-14H2,2-3H3,(H,22,24). The maximum Gasteiger partial charge on any atom is 0.219 e. The lowest BCUT2D eigenvalue weighted by atomic mass is 9.92. The first kappa shape index (κ1) is 26.7. The normalized spacial score (nSPS) is 15.5. The highest BCUT2D eigenvalue weighted by atomic mass is 16.4. The van der Waals surface area contributed by atoms with Crippen molar-refractivity contribution in [2.24, 2.45) is 5.92 Å². The summed E-state index contributed by atoms with van der Waals surface area (Å²) in [5.41, 5.74) is 0.240. The third kappa shape index (κ3) is 10.9. The highest BCUT2D eigenvalue weighted by Crippen LogP contribution is 2.17. The summed E-state index contributed by atoms with van der Waals surface area (Å²) in [5.74, 6) is -1.22. The molecule has 0 radical (unpaired) electrons. The zero-order valence-corrected chi connectivity index (χ0v) is 17.4. The van der Waals surface area contributed by atoms with Crippen molar-refractivity contribution in [3.8, 4) is 0 Å². The Bertz CT molecular complexity index is 468. The van der Waals surface area contributed by atoms with Crippen molar-refractivity contribution in [3.63, 3.8) is 0 Å². The van der Waals surface area contributed by atoms with Gasteiger partial charge in [-0.15, -0.1) is 0 Å². The van der Waals surface area contributed by atoms with Gasteiger partial charge in [-0.05, 0) is 24.8 Å². The molecule has 0 saturated heterocycles. The van der Waals surface area contributed by atoms with Crippen LogP contribution < -0.4 is 5.32 Å². The number of carbonyl (C=O) groups excluding carboxylic acids is 2. The number of hydrogen-bond donors (Lipinski definition) is 5. The summed E-state index contributed by atoms with van der Waals surface area (Å²) in [4.78, 5) is 23.2. The summed E-state index contributed by atoms with van der Waals surface area (Å²) in [7, 11) is 1.65. The van der Waals surface area contributed by atoms with E-state index in [9.17, 15) is 24.9 Å². The number of rotatable bonds is 17. The van der Waals surface area contributed by atoms with Gasteiger partial charge in [0.1, 0.15) is 12.2 Å². The van der Waals surface area contributed by atoms with E-state index in [1.807, 2.05) is 0 Å². The molecule has 164 valence electrons. The SMILES string of the molecule is C=C(CCCCCCCCCCC(=O)NC)C(=O)C(O)C(O)C(O)C(C)CO. The second-order valence-electron chi connectivity index (χ2n) is 7.56. The van der Waals surface area contributed by atoms with Crippen LogP contribution in [0.3, 0.4) is 0 Å². The zero-order chi connectivity index (χ0) is 21.5. The van der Waals surface area contributed by atoms with Crippen LogP contribution in [0.4, 0.5) is 0 Å². The van der Waals surface area contributed by atoms with Crippen LogP contribution in [0.2, 0.25) is 0 Å². The van der Waals surface area contributed by atoms with E-state index in [0.717, 1.165) is 51.4 Å². The average molecular weight is 402 g/mol. The molecule has 0 bridgehead atoms. The highest BCUT2D eigenvalue weighted by Gasteiger charge is 2.33. The fourth-order valence-electron chi connectivity index (χ4n) is 2.93. The molecule has 0 aromatic rings. The number of carbonyl (C=O) groups is 2. The minimum absolute atomic E-state index is 0.0878. The van der Waals surface area contributed by atoms with Crippen molar-refractivity contribution in [3.05, 3.63) is 12.2 Å². The van der Waals surface area contributed by atoms with Crippen molar-refractivity contribution in [1.29, 1.82) is 0 Å². The van der Waals surface area contributed by atoms with Crippen molar-refractivity contribution in [1.82, 2.24) is 5.32 Å². The van der Waals surface area contributed by atoms with E-state index < -0.39 is 30.0 Å². The molecule has 0 rings (SSSR count). The number of unbranched alkanes of at least 4 members (excludes halogenated alkanes) is 7. The van der Waals surface area contributed by atoms with Gasteiger partial charge < -0.3 is 25.7 Å². The van der Waals surface area contributed by atoms with Crippen LogP contribution in [0.1, 0.15) is 71.1 Å². The van der Waals surface area contributed by atoms with E-state index in [1.54, 1.807) is 7.05 Å². The largest absolute Gasteiger partial charge is 0.396 e. The Balaban J connectivity index is 3.85. The van der Waals surface area contributed by atoms with E-state index in [0.29, 0.717) is 12.8 Å². The summed E-state index contributed by atoms with van der Waals surface area (Å²) in [6.07, 6.45) is 4.37. The Morgan fingerprint density at radius 1 is 0.857 bits per heavy atom. The van der Waals surface area contributed by atoms with Crippen LogP contribution in [0.15, 0.2) is 12.2 Å². The molecule has 1 amide bonds. The fraction of sp³-hybridized carbons (Fsp3) is 0.810. The van der Waals surface area contributed by atoms with Gasteiger partial charge in [0.15, 0.2) is 5.78 Å². The lowest BCUT2D eigenvalue weighted by Crippen LogP contribution is -2.46. The summed E-state index contributed by atoms with van der Waals surface area (Å²) in [6.45, 7) is 4.85. The number of aliphatic hydroxyl groups excluding tert-OH is 4. The van der Waals surface area contributed by atoms with Crippen LogP contribution in [-0.2, 0) is 9.59 Å². The van der Waals surface area contributed by atoms with Crippen molar-refractivity contribution in [2.45, 2.75) is 89.4 Å². The van der Waals surface area contributed by atoms with Gasteiger partial charge in [0, 0.05) is 26.0 Å². The van der Waals surface area contributed by atoms with Crippen LogP contribution >= 0.6 is 0 Å². The lowest BCUT2D eigenvalue weighted by molar-refractivity contribution is -0.138. The number of ketones is 1. The van der Waals surface area contributed by atoms with Crippen molar-refractivity contribution < 1.29 is 30.0 Å². The van der Waals surface area contributed by atoms with Gasteiger partial charge in [-0.1, -0.05) is 52.0 Å². The molecule has 0 aliphatic rings. The molecule has 0 heterocycles. The monoisotopic (exact) mass is 401 g/mol. The lowest BCUT2D eigenvalue weighted by Gasteiger charge is -2.26. The first-order valence-electron chi connectivity index (χ1n) is 10.3. The third-order valence-corrected chi connectivity index (χ3v) is 5.07. The van der Waals surface area contributed by atoms with Crippen LogP contribution in [0.5, 0.6) is 0 Å². The number of hydrogen-bond acceptors (Lipinski definition) is 6. The maximum absolute atomic E-state index is 12.1. The molecule has 0 aliphatic heterocycles. The van der Waals surface area contributed by atoms with Crippen molar-refractivity contribution >= 4 is 11.7 Å². The molecule has 4 atom stereocenters. The molecule has 4 unspecified atom stereocenters. The topological polar surface area (TPSA) is 127 Å². The Hall–Kier alpha value is -1.28. The summed E-state index contributed by atoms with van der Waals surface area (Å²) in [6, 6.07) is 0. The fourth-order valence-corrected chi connectivity index (χ4v) is 2.93. The van der Waals surface area contributed by atoms with Gasteiger partial charge in [0.05, 0.1) is 6.10 Å².